The lowest BCUT2D eigenvalue weighted by atomic mass is 10.0. The molecule has 1 aromatic carbocycles. The molecule has 2 atom stereocenters. The molecular formula is C16H24N2O. The van der Waals surface area contributed by atoms with Gasteiger partial charge >= 0.3 is 0 Å². The number of likely N-dealkylation sites (N-methyl/N-ethyl adjacent to an activating group) is 1. The predicted octanol–water partition coefficient (Wildman–Crippen LogP) is 2.70. The summed E-state index contributed by atoms with van der Waals surface area (Å²) in [5.74, 6) is 0.623. The van der Waals surface area contributed by atoms with Gasteiger partial charge in [-0.3, -0.25) is 0 Å². The van der Waals surface area contributed by atoms with Crippen LogP contribution < -0.4 is 5.32 Å². The number of hydrogen-bond donors (Lipinski definition) is 1. The number of rotatable bonds is 5. The Morgan fingerprint density at radius 3 is 3.00 bits per heavy atom. The van der Waals surface area contributed by atoms with Crippen LogP contribution in [0.5, 0.6) is 0 Å². The SMILES string of the molecule is CCN(CC1CCCO1)CC1CNc2ccccc21. The average molecular weight is 260 g/mol. The third kappa shape index (κ3) is 2.93. The first-order valence-corrected chi connectivity index (χ1v) is 7.53. The second-order valence-corrected chi connectivity index (χ2v) is 5.65. The summed E-state index contributed by atoms with van der Waals surface area (Å²) in [7, 11) is 0. The summed E-state index contributed by atoms with van der Waals surface area (Å²) < 4.78 is 5.76. The van der Waals surface area contributed by atoms with Gasteiger partial charge in [0.1, 0.15) is 0 Å². The zero-order chi connectivity index (χ0) is 13.1. The molecule has 0 saturated carbocycles. The molecule has 0 amide bonds. The molecule has 104 valence electrons. The van der Waals surface area contributed by atoms with Crippen molar-refractivity contribution < 1.29 is 4.74 Å². The molecule has 0 aliphatic carbocycles. The van der Waals surface area contributed by atoms with E-state index in [2.05, 4.69) is 41.4 Å². The molecule has 2 aliphatic rings. The highest BCUT2D eigenvalue weighted by Crippen LogP contribution is 2.31. The summed E-state index contributed by atoms with van der Waals surface area (Å²) in [6.45, 7) is 7.62. The number of hydrogen-bond acceptors (Lipinski definition) is 3. The standard InChI is InChI=1S/C16H24N2O/c1-2-18(12-14-6-5-9-19-14)11-13-10-17-16-8-4-3-7-15(13)16/h3-4,7-8,13-14,17H,2,5-6,9-12H2,1H3. The van der Waals surface area contributed by atoms with Crippen LogP contribution >= 0.6 is 0 Å². The lowest BCUT2D eigenvalue weighted by Crippen LogP contribution is -2.35. The summed E-state index contributed by atoms with van der Waals surface area (Å²) in [6, 6.07) is 8.71. The maximum absolute atomic E-state index is 5.76. The zero-order valence-electron chi connectivity index (χ0n) is 11.8. The van der Waals surface area contributed by atoms with E-state index in [-0.39, 0.29) is 0 Å². The minimum Gasteiger partial charge on any atom is -0.384 e. The highest BCUT2D eigenvalue weighted by Gasteiger charge is 2.25. The Morgan fingerprint density at radius 1 is 1.32 bits per heavy atom. The van der Waals surface area contributed by atoms with Crippen molar-refractivity contribution in [2.45, 2.75) is 31.8 Å². The molecule has 3 rings (SSSR count). The summed E-state index contributed by atoms with van der Waals surface area (Å²) in [5.41, 5.74) is 2.80. The molecule has 2 heterocycles. The molecule has 1 saturated heterocycles. The van der Waals surface area contributed by atoms with Gasteiger partial charge in [0, 0.05) is 37.8 Å². The topological polar surface area (TPSA) is 24.5 Å². The fraction of sp³-hybridized carbons (Fsp3) is 0.625. The monoisotopic (exact) mass is 260 g/mol. The first kappa shape index (κ1) is 12.9. The van der Waals surface area contributed by atoms with Crippen molar-refractivity contribution in [3.8, 4) is 0 Å². The van der Waals surface area contributed by atoms with Crippen molar-refractivity contribution in [3.63, 3.8) is 0 Å². The lowest BCUT2D eigenvalue weighted by molar-refractivity contribution is 0.0733. The van der Waals surface area contributed by atoms with E-state index in [1.807, 2.05) is 0 Å². The minimum atomic E-state index is 0.463. The van der Waals surface area contributed by atoms with Crippen molar-refractivity contribution >= 4 is 5.69 Å². The van der Waals surface area contributed by atoms with Crippen molar-refractivity contribution in [1.82, 2.24) is 4.90 Å². The van der Waals surface area contributed by atoms with Gasteiger partial charge in [-0.25, -0.2) is 0 Å². The van der Waals surface area contributed by atoms with E-state index in [1.54, 1.807) is 0 Å². The molecule has 1 aromatic rings. The van der Waals surface area contributed by atoms with Crippen molar-refractivity contribution in [2.24, 2.45) is 0 Å². The number of benzene rings is 1. The molecule has 0 radical (unpaired) electrons. The summed E-state index contributed by atoms with van der Waals surface area (Å²) in [5, 5.41) is 3.52. The van der Waals surface area contributed by atoms with Crippen LogP contribution in [0.25, 0.3) is 0 Å². The third-order valence-corrected chi connectivity index (χ3v) is 4.35. The fourth-order valence-electron chi connectivity index (χ4n) is 3.24. The number of para-hydroxylation sites is 1. The van der Waals surface area contributed by atoms with Gasteiger partial charge < -0.3 is 15.0 Å². The van der Waals surface area contributed by atoms with Gasteiger partial charge in [0.2, 0.25) is 0 Å². The Hall–Kier alpha value is -1.06. The summed E-state index contributed by atoms with van der Waals surface area (Å²) >= 11 is 0. The molecule has 0 spiro atoms. The van der Waals surface area contributed by atoms with Crippen LogP contribution in [-0.4, -0.2) is 43.8 Å². The average Bonchev–Trinajstić information content (AvgIpc) is 3.08. The number of fused-ring (bicyclic) bond motifs is 1. The van der Waals surface area contributed by atoms with E-state index >= 15 is 0 Å². The number of nitrogens with zero attached hydrogens (tertiary/aromatic N) is 1. The number of nitrogens with one attached hydrogen (secondary N) is 1. The number of ether oxygens (including phenoxy) is 1. The maximum atomic E-state index is 5.76. The fourth-order valence-corrected chi connectivity index (χ4v) is 3.24. The Balaban J connectivity index is 1.60. The molecule has 1 fully saturated rings. The summed E-state index contributed by atoms with van der Waals surface area (Å²) in [4.78, 5) is 2.55. The minimum absolute atomic E-state index is 0.463. The van der Waals surface area contributed by atoms with Gasteiger partial charge in [-0.15, -0.1) is 0 Å². The quantitative estimate of drug-likeness (QED) is 0.881. The van der Waals surface area contributed by atoms with Crippen LogP contribution in [0.4, 0.5) is 5.69 Å². The molecule has 2 aliphatic heterocycles. The van der Waals surface area contributed by atoms with Crippen LogP contribution in [0.3, 0.4) is 0 Å². The lowest BCUT2D eigenvalue weighted by Gasteiger charge is -2.26. The molecular weight excluding hydrogens is 236 g/mol. The van der Waals surface area contributed by atoms with Crippen molar-refractivity contribution in [3.05, 3.63) is 29.8 Å². The first-order valence-electron chi connectivity index (χ1n) is 7.53. The van der Waals surface area contributed by atoms with Gasteiger partial charge in [-0.2, -0.15) is 0 Å². The van der Waals surface area contributed by atoms with Crippen LogP contribution in [0.15, 0.2) is 24.3 Å². The first-order chi connectivity index (χ1) is 9.36. The molecule has 3 heteroatoms. The largest absolute Gasteiger partial charge is 0.384 e. The number of anilines is 1. The van der Waals surface area contributed by atoms with Crippen LogP contribution in [0.2, 0.25) is 0 Å². The van der Waals surface area contributed by atoms with Gasteiger partial charge in [0.15, 0.2) is 0 Å². The van der Waals surface area contributed by atoms with Crippen LogP contribution in [-0.2, 0) is 4.74 Å². The molecule has 3 nitrogen and oxygen atoms in total. The molecule has 0 aromatic heterocycles. The highest BCUT2D eigenvalue weighted by atomic mass is 16.5. The molecule has 0 bridgehead atoms. The Morgan fingerprint density at radius 2 is 2.21 bits per heavy atom. The Labute approximate surface area is 115 Å². The van der Waals surface area contributed by atoms with Crippen molar-refractivity contribution in [2.75, 3.05) is 38.1 Å². The van der Waals surface area contributed by atoms with E-state index in [0.717, 1.165) is 32.8 Å². The van der Waals surface area contributed by atoms with Crippen LogP contribution in [0, 0.1) is 0 Å². The highest BCUT2D eigenvalue weighted by molar-refractivity contribution is 5.57. The van der Waals surface area contributed by atoms with Gasteiger partial charge in [0.05, 0.1) is 6.10 Å². The smallest absolute Gasteiger partial charge is 0.0702 e. The van der Waals surface area contributed by atoms with E-state index in [1.165, 1.54) is 24.1 Å². The van der Waals surface area contributed by atoms with Gasteiger partial charge in [0.25, 0.3) is 0 Å². The maximum Gasteiger partial charge on any atom is 0.0702 e. The Bertz CT molecular complexity index is 415. The van der Waals surface area contributed by atoms with E-state index in [4.69, 9.17) is 4.74 Å². The third-order valence-electron chi connectivity index (χ3n) is 4.35. The van der Waals surface area contributed by atoms with E-state index in [9.17, 15) is 0 Å². The summed E-state index contributed by atoms with van der Waals surface area (Å²) in [6.07, 6.45) is 2.93. The van der Waals surface area contributed by atoms with E-state index < -0.39 is 0 Å². The Kier molecular flexibility index (Phi) is 4.04. The van der Waals surface area contributed by atoms with E-state index in [0.29, 0.717) is 12.0 Å². The second kappa shape index (κ2) is 5.93. The van der Waals surface area contributed by atoms with Gasteiger partial charge in [-0.1, -0.05) is 25.1 Å². The molecule has 2 unspecified atom stereocenters. The second-order valence-electron chi connectivity index (χ2n) is 5.65. The molecule has 19 heavy (non-hydrogen) atoms. The molecule has 1 N–H and O–H groups in total. The normalized spacial score (nSPS) is 25.6. The van der Waals surface area contributed by atoms with Crippen LogP contribution in [0.1, 0.15) is 31.2 Å². The predicted molar refractivity (Wildman–Crippen MR) is 78.8 cm³/mol. The zero-order valence-corrected chi connectivity index (χ0v) is 11.8. The van der Waals surface area contributed by atoms with Gasteiger partial charge in [-0.05, 0) is 31.0 Å². The van der Waals surface area contributed by atoms with Crippen molar-refractivity contribution in [1.29, 1.82) is 0 Å².